The normalized spacial score (nSPS) is 12.8. The highest BCUT2D eigenvalue weighted by atomic mass is 16.5. The Balaban J connectivity index is 1.32. The molecule has 33 heavy (non-hydrogen) atoms. The summed E-state index contributed by atoms with van der Waals surface area (Å²) in [7, 11) is 0. The molecule has 4 aromatic heterocycles. The second kappa shape index (κ2) is 8.50. The molecule has 0 amide bonds. The quantitative estimate of drug-likeness (QED) is 0.369. The van der Waals surface area contributed by atoms with E-state index in [1.165, 1.54) is 11.3 Å². The van der Waals surface area contributed by atoms with Crippen LogP contribution in [0.3, 0.4) is 0 Å². The van der Waals surface area contributed by atoms with Crippen LogP contribution in [0.1, 0.15) is 24.2 Å². The minimum Gasteiger partial charge on any atom is -0.494 e. The number of hydrogen-bond acceptors (Lipinski definition) is 5. The fourth-order valence-corrected chi connectivity index (χ4v) is 4.61. The Labute approximate surface area is 191 Å². The maximum Gasteiger partial charge on any atom is 0.121 e. The fraction of sp³-hybridized carbons (Fsp3) is 0.231. The summed E-state index contributed by atoms with van der Waals surface area (Å²) in [4.78, 5) is 9.22. The molecule has 0 unspecified atom stereocenters. The van der Waals surface area contributed by atoms with E-state index in [1.54, 1.807) is 0 Å². The molecule has 0 bridgehead atoms. The maximum absolute atomic E-state index is 6.01. The molecule has 0 saturated heterocycles. The molecule has 7 nitrogen and oxygen atoms in total. The van der Waals surface area contributed by atoms with E-state index in [0.29, 0.717) is 6.61 Å². The Kier molecular flexibility index (Phi) is 5.07. The standard InChI is InChI=1S/C26H24N6O/c1-2-12-27-22(6-1)26-25(24-7-3-15-32(24)31-26)21-11-13-28-23-17-19(8-9-20(21)23)33-16-4-5-18-10-14-29-30-18/h1-2,6,8-14,17H,3-5,7,15-16H2,(H,29,30). The van der Waals surface area contributed by atoms with Gasteiger partial charge >= 0.3 is 0 Å². The largest absolute Gasteiger partial charge is 0.494 e. The van der Waals surface area contributed by atoms with Crippen LogP contribution in [0.5, 0.6) is 5.75 Å². The van der Waals surface area contributed by atoms with Crippen molar-refractivity contribution in [3.63, 3.8) is 0 Å². The Bertz CT molecular complexity index is 1390. The van der Waals surface area contributed by atoms with E-state index in [-0.39, 0.29) is 0 Å². The van der Waals surface area contributed by atoms with Crippen molar-refractivity contribution in [2.24, 2.45) is 0 Å². The second-order valence-electron chi connectivity index (χ2n) is 8.27. The molecule has 1 aromatic carbocycles. The highest BCUT2D eigenvalue weighted by Gasteiger charge is 2.25. The molecular weight excluding hydrogens is 412 g/mol. The molecule has 6 rings (SSSR count). The number of ether oxygens (including phenoxy) is 1. The molecule has 0 spiro atoms. The molecule has 1 N–H and O–H groups in total. The lowest BCUT2D eigenvalue weighted by molar-refractivity contribution is 0.311. The first kappa shape index (κ1) is 19.7. The summed E-state index contributed by atoms with van der Waals surface area (Å²) in [5.41, 5.74) is 7.41. The number of hydrogen-bond donors (Lipinski definition) is 1. The number of H-pyrrole nitrogens is 1. The van der Waals surface area contributed by atoms with Crippen LogP contribution in [0.15, 0.2) is 67.1 Å². The monoisotopic (exact) mass is 436 g/mol. The number of benzene rings is 1. The van der Waals surface area contributed by atoms with Crippen molar-refractivity contribution in [3.8, 4) is 28.3 Å². The van der Waals surface area contributed by atoms with Crippen LogP contribution >= 0.6 is 0 Å². The molecule has 164 valence electrons. The van der Waals surface area contributed by atoms with E-state index in [1.807, 2.05) is 55.0 Å². The van der Waals surface area contributed by atoms with E-state index >= 15 is 0 Å². The predicted octanol–water partition coefficient (Wildman–Crippen LogP) is 4.84. The van der Waals surface area contributed by atoms with Gasteiger partial charge in [-0.1, -0.05) is 6.07 Å². The minimum atomic E-state index is 0.638. The van der Waals surface area contributed by atoms with Crippen LogP contribution in [0.25, 0.3) is 33.4 Å². The summed E-state index contributed by atoms with van der Waals surface area (Å²) in [6, 6.07) is 16.2. The first-order valence-electron chi connectivity index (χ1n) is 11.4. The number of aryl methyl sites for hydroxylation is 2. The summed E-state index contributed by atoms with van der Waals surface area (Å²) in [6.45, 7) is 1.59. The van der Waals surface area contributed by atoms with E-state index in [4.69, 9.17) is 9.84 Å². The van der Waals surface area contributed by atoms with Crippen molar-refractivity contribution in [3.05, 3.63) is 78.5 Å². The van der Waals surface area contributed by atoms with Gasteiger partial charge in [-0.25, -0.2) is 0 Å². The van der Waals surface area contributed by atoms with Crippen molar-refractivity contribution < 1.29 is 4.74 Å². The third-order valence-corrected chi connectivity index (χ3v) is 6.14. The summed E-state index contributed by atoms with van der Waals surface area (Å²) in [6.07, 6.45) is 9.49. The van der Waals surface area contributed by atoms with Gasteiger partial charge in [-0.3, -0.25) is 19.7 Å². The van der Waals surface area contributed by atoms with E-state index in [2.05, 4.69) is 37.0 Å². The highest BCUT2D eigenvalue weighted by molar-refractivity contribution is 5.99. The number of fused-ring (bicyclic) bond motifs is 2. The molecule has 0 fully saturated rings. The first-order chi connectivity index (χ1) is 16.4. The topological polar surface area (TPSA) is 81.5 Å². The van der Waals surface area contributed by atoms with Gasteiger partial charge in [0.2, 0.25) is 0 Å². The summed E-state index contributed by atoms with van der Waals surface area (Å²) in [5, 5.41) is 13.1. The Hall–Kier alpha value is -4.00. The van der Waals surface area contributed by atoms with Gasteiger partial charge < -0.3 is 4.74 Å². The first-order valence-corrected chi connectivity index (χ1v) is 11.4. The second-order valence-corrected chi connectivity index (χ2v) is 8.27. The molecule has 0 radical (unpaired) electrons. The molecule has 1 aliphatic heterocycles. The summed E-state index contributed by atoms with van der Waals surface area (Å²) < 4.78 is 8.15. The third kappa shape index (κ3) is 3.75. The highest BCUT2D eigenvalue weighted by Crippen LogP contribution is 2.40. The molecule has 7 heteroatoms. The molecule has 0 saturated carbocycles. The molecular formula is C26H24N6O. The van der Waals surface area contributed by atoms with E-state index in [9.17, 15) is 0 Å². The number of aromatic nitrogens is 6. The zero-order valence-electron chi connectivity index (χ0n) is 18.2. The van der Waals surface area contributed by atoms with Crippen LogP contribution in [-0.2, 0) is 19.4 Å². The minimum absolute atomic E-state index is 0.638. The van der Waals surface area contributed by atoms with Gasteiger partial charge in [-0.15, -0.1) is 0 Å². The lowest BCUT2D eigenvalue weighted by atomic mass is 9.96. The molecule has 5 heterocycles. The summed E-state index contributed by atoms with van der Waals surface area (Å²) in [5.74, 6) is 0.833. The molecule has 0 atom stereocenters. The van der Waals surface area contributed by atoms with Crippen molar-refractivity contribution >= 4 is 10.9 Å². The fourth-order valence-electron chi connectivity index (χ4n) is 4.61. The van der Waals surface area contributed by atoms with E-state index in [0.717, 1.165) is 71.5 Å². The molecule has 5 aromatic rings. The maximum atomic E-state index is 6.01. The van der Waals surface area contributed by atoms with Crippen LogP contribution < -0.4 is 4.74 Å². The van der Waals surface area contributed by atoms with Gasteiger partial charge in [0.1, 0.15) is 11.4 Å². The Morgan fingerprint density at radius 1 is 1.03 bits per heavy atom. The van der Waals surface area contributed by atoms with Gasteiger partial charge in [-0.2, -0.15) is 10.2 Å². The van der Waals surface area contributed by atoms with Crippen molar-refractivity contribution in [2.75, 3.05) is 6.61 Å². The average molecular weight is 437 g/mol. The Morgan fingerprint density at radius 3 is 2.91 bits per heavy atom. The van der Waals surface area contributed by atoms with Crippen LogP contribution in [-0.4, -0.2) is 36.6 Å². The smallest absolute Gasteiger partial charge is 0.121 e. The van der Waals surface area contributed by atoms with Gasteiger partial charge in [0, 0.05) is 47.8 Å². The van der Waals surface area contributed by atoms with Crippen molar-refractivity contribution in [1.29, 1.82) is 0 Å². The summed E-state index contributed by atoms with van der Waals surface area (Å²) >= 11 is 0. The molecule has 0 aliphatic carbocycles. The van der Waals surface area contributed by atoms with Gasteiger partial charge in [0.05, 0.1) is 23.5 Å². The van der Waals surface area contributed by atoms with Crippen LogP contribution in [0, 0.1) is 0 Å². The number of nitrogens with one attached hydrogen (secondary N) is 1. The lowest BCUT2D eigenvalue weighted by Gasteiger charge is -2.11. The van der Waals surface area contributed by atoms with Crippen molar-refractivity contribution in [1.82, 2.24) is 29.9 Å². The number of nitrogens with zero attached hydrogens (tertiary/aromatic N) is 5. The number of pyridine rings is 2. The lowest BCUT2D eigenvalue weighted by Crippen LogP contribution is -2.00. The molecule has 1 aliphatic rings. The van der Waals surface area contributed by atoms with Gasteiger partial charge in [0.25, 0.3) is 0 Å². The van der Waals surface area contributed by atoms with Gasteiger partial charge in [0.15, 0.2) is 0 Å². The SMILES string of the molecule is c1ccc(-c2nn3c(c2-c2ccnc4cc(OCCCc5cc[nH]n5)ccc24)CCC3)nc1. The average Bonchev–Trinajstić information content (AvgIpc) is 3.60. The number of rotatable bonds is 7. The van der Waals surface area contributed by atoms with Crippen LogP contribution in [0.4, 0.5) is 0 Å². The zero-order valence-corrected chi connectivity index (χ0v) is 18.2. The van der Waals surface area contributed by atoms with Crippen molar-refractivity contribution in [2.45, 2.75) is 32.2 Å². The zero-order chi connectivity index (χ0) is 22.0. The van der Waals surface area contributed by atoms with Gasteiger partial charge in [-0.05, 0) is 67.6 Å². The van der Waals surface area contributed by atoms with Crippen LogP contribution in [0.2, 0.25) is 0 Å². The predicted molar refractivity (Wildman–Crippen MR) is 127 cm³/mol. The van der Waals surface area contributed by atoms with E-state index < -0.39 is 0 Å². The third-order valence-electron chi connectivity index (χ3n) is 6.14. The number of aromatic amines is 1. The Morgan fingerprint density at radius 2 is 2.03 bits per heavy atom.